The van der Waals surface area contributed by atoms with Gasteiger partial charge in [0, 0.05) is 41.6 Å². The molecule has 2 aliphatic rings. The molecule has 2 saturated heterocycles. The third-order valence-electron chi connectivity index (χ3n) is 5.64. The van der Waals surface area contributed by atoms with E-state index < -0.39 is 0 Å². The lowest BCUT2D eigenvalue weighted by atomic mass is 9.92. The molecule has 0 bridgehead atoms. The minimum absolute atomic E-state index is 0.0380. The van der Waals surface area contributed by atoms with E-state index in [4.69, 9.17) is 0 Å². The topological polar surface area (TPSA) is 26.8 Å². The monoisotopic (exact) mass is 373 g/mol. The molecule has 6 heteroatoms. The lowest BCUT2D eigenvalue weighted by Gasteiger charge is -2.47. The van der Waals surface area contributed by atoms with E-state index in [2.05, 4.69) is 28.9 Å². The number of likely N-dealkylation sites (N-methyl/N-ethyl adjacent to an activating group) is 1. The van der Waals surface area contributed by atoms with Crippen LogP contribution in [0.3, 0.4) is 0 Å². The molecule has 0 N–H and O–H groups in total. The van der Waals surface area contributed by atoms with Crippen LogP contribution in [-0.2, 0) is 11.3 Å². The quantitative estimate of drug-likeness (QED) is 0.827. The zero-order valence-corrected chi connectivity index (χ0v) is 16.1. The Balaban J connectivity index is 1.52. The number of halogens is 1. The molecule has 0 unspecified atom stereocenters. The van der Waals surface area contributed by atoms with Crippen molar-refractivity contribution in [2.45, 2.75) is 25.4 Å². The van der Waals surface area contributed by atoms with Crippen LogP contribution in [0.1, 0.15) is 16.2 Å². The molecule has 0 radical (unpaired) electrons. The summed E-state index contributed by atoms with van der Waals surface area (Å²) in [6, 6.07) is 10.7. The minimum atomic E-state index is -0.301. The van der Waals surface area contributed by atoms with Crippen molar-refractivity contribution in [2.24, 2.45) is 0 Å². The number of amides is 1. The second-order valence-corrected chi connectivity index (χ2v) is 8.89. The number of aryl methyl sites for hydroxylation is 1. The number of hydrogen-bond acceptors (Lipinski definition) is 4. The Hall–Kier alpha value is -1.76. The van der Waals surface area contributed by atoms with Crippen molar-refractivity contribution < 1.29 is 9.18 Å². The lowest BCUT2D eigenvalue weighted by Crippen LogP contribution is -2.64. The first kappa shape index (κ1) is 17.6. The Morgan fingerprint density at radius 3 is 2.81 bits per heavy atom. The summed E-state index contributed by atoms with van der Waals surface area (Å²) < 4.78 is 13.6. The predicted octanol–water partition coefficient (Wildman–Crippen LogP) is 3.12. The zero-order valence-electron chi connectivity index (χ0n) is 15.2. The third kappa shape index (κ3) is 3.29. The van der Waals surface area contributed by atoms with Gasteiger partial charge >= 0.3 is 0 Å². The predicted molar refractivity (Wildman–Crippen MR) is 103 cm³/mol. The Labute approximate surface area is 157 Å². The molecule has 4 nitrogen and oxygen atoms in total. The first-order valence-corrected chi connectivity index (χ1v) is 9.82. The van der Waals surface area contributed by atoms with Gasteiger partial charge in [0.25, 0.3) is 0 Å². The van der Waals surface area contributed by atoms with Crippen molar-refractivity contribution in [3.8, 4) is 0 Å². The largest absolute Gasteiger partial charge is 0.309 e. The van der Waals surface area contributed by atoms with E-state index in [9.17, 15) is 9.18 Å². The van der Waals surface area contributed by atoms with Crippen molar-refractivity contribution in [3.63, 3.8) is 0 Å². The smallest absolute Gasteiger partial charge is 0.241 e. The van der Waals surface area contributed by atoms with Gasteiger partial charge in [-0.1, -0.05) is 6.07 Å². The number of likely N-dealkylation sites (tertiary alicyclic amines) is 1. The summed E-state index contributed by atoms with van der Waals surface area (Å²) in [5.41, 5.74) is 0.599. The standard InChI is InChI=1S/C20H24FN3OS/c1-15-6-7-18(26-15)11-23-9-8-20(13-23)14-24(19(25)12-22(20)2)17-5-3-4-16(21)10-17/h3-7,10H,8-9,11-14H2,1-2H3/t20-/m1/s1. The maximum absolute atomic E-state index is 13.6. The van der Waals surface area contributed by atoms with Crippen molar-refractivity contribution >= 4 is 22.9 Å². The number of thiophene rings is 1. The highest BCUT2D eigenvalue weighted by molar-refractivity contribution is 7.11. The molecule has 3 heterocycles. The average molecular weight is 373 g/mol. The summed E-state index contributed by atoms with van der Waals surface area (Å²) >= 11 is 1.85. The van der Waals surface area contributed by atoms with Gasteiger partial charge in [-0.2, -0.15) is 0 Å². The van der Waals surface area contributed by atoms with Crippen LogP contribution in [0.2, 0.25) is 0 Å². The molecule has 138 valence electrons. The average Bonchev–Trinajstić information content (AvgIpc) is 3.19. The number of piperazine rings is 1. The summed E-state index contributed by atoms with van der Waals surface area (Å²) in [7, 11) is 2.04. The fraction of sp³-hybridized carbons (Fsp3) is 0.450. The van der Waals surface area contributed by atoms with E-state index in [1.54, 1.807) is 11.0 Å². The highest BCUT2D eigenvalue weighted by Crippen LogP contribution is 2.34. The number of anilines is 1. The third-order valence-corrected chi connectivity index (χ3v) is 6.63. The van der Waals surface area contributed by atoms with Gasteiger partial charge < -0.3 is 4.90 Å². The summed E-state index contributed by atoms with van der Waals surface area (Å²) in [5, 5.41) is 0. The zero-order chi connectivity index (χ0) is 18.3. The summed E-state index contributed by atoms with van der Waals surface area (Å²) in [5.74, 6) is -0.263. The summed E-state index contributed by atoms with van der Waals surface area (Å²) in [6.45, 7) is 6.04. The molecule has 2 fully saturated rings. The molecular weight excluding hydrogens is 349 g/mol. The van der Waals surface area contributed by atoms with Gasteiger partial charge in [-0.25, -0.2) is 4.39 Å². The Morgan fingerprint density at radius 2 is 2.08 bits per heavy atom. The molecule has 1 aromatic heterocycles. The number of nitrogens with zero attached hydrogens (tertiary/aromatic N) is 3. The second-order valence-electron chi connectivity index (χ2n) is 7.51. The van der Waals surface area contributed by atoms with Crippen LogP contribution < -0.4 is 4.90 Å². The van der Waals surface area contributed by atoms with Crippen LogP contribution in [0.4, 0.5) is 10.1 Å². The second kappa shape index (κ2) is 6.76. The minimum Gasteiger partial charge on any atom is -0.309 e. The molecule has 4 rings (SSSR count). The van der Waals surface area contributed by atoms with E-state index in [1.165, 1.54) is 21.9 Å². The maximum Gasteiger partial charge on any atom is 0.241 e. The Morgan fingerprint density at radius 1 is 1.23 bits per heavy atom. The van der Waals surface area contributed by atoms with Gasteiger partial charge in [0.15, 0.2) is 0 Å². The van der Waals surface area contributed by atoms with Crippen LogP contribution >= 0.6 is 11.3 Å². The van der Waals surface area contributed by atoms with Crippen molar-refractivity contribution in [1.29, 1.82) is 0 Å². The molecule has 1 aromatic carbocycles. The SMILES string of the molecule is Cc1ccc(CN2CC[C@@]3(C2)CN(c2cccc(F)c2)C(=O)CN3C)s1. The van der Waals surface area contributed by atoms with Crippen LogP contribution in [-0.4, -0.2) is 54.5 Å². The van der Waals surface area contributed by atoms with E-state index in [-0.39, 0.29) is 17.3 Å². The van der Waals surface area contributed by atoms with Gasteiger partial charge in [-0.3, -0.25) is 14.6 Å². The number of benzene rings is 1. The summed E-state index contributed by atoms with van der Waals surface area (Å²) in [6.07, 6.45) is 1.02. The molecular formula is C20H24FN3OS. The molecule has 0 saturated carbocycles. The van der Waals surface area contributed by atoms with Crippen molar-refractivity contribution in [3.05, 3.63) is 52.0 Å². The van der Waals surface area contributed by atoms with Gasteiger partial charge in [0.2, 0.25) is 5.91 Å². The van der Waals surface area contributed by atoms with Gasteiger partial charge in [-0.05, 0) is 50.7 Å². The highest BCUT2D eigenvalue weighted by atomic mass is 32.1. The van der Waals surface area contributed by atoms with E-state index in [0.29, 0.717) is 18.8 Å². The normalized spacial score (nSPS) is 24.7. The summed E-state index contributed by atoms with van der Waals surface area (Å²) in [4.78, 5) is 21.7. The number of hydrogen-bond donors (Lipinski definition) is 0. The number of carbonyl (C=O) groups is 1. The van der Waals surface area contributed by atoms with Crippen LogP contribution in [0.15, 0.2) is 36.4 Å². The van der Waals surface area contributed by atoms with Gasteiger partial charge in [-0.15, -0.1) is 11.3 Å². The van der Waals surface area contributed by atoms with Gasteiger partial charge in [0.05, 0.1) is 12.1 Å². The van der Waals surface area contributed by atoms with Crippen LogP contribution in [0.5, 0.6) is 0 Å². The lowest BCUT2D eigenvalue weighted by molar-refractivity contribution is -0.123. The van der Waals surface area contributed by atoms with E-state index in [1.807, 2.05) is 24.5 Å². The molecule has 1 atom stereocenters. The maximum atomic E-state index is 13.6. The van der Waals surface area contributed by atoms with Gasteiger partial charge in [0.1, 0.15) is 5.82 Å². The number of carbonyl (C=O) groups excluding carboxylic acids is 1. The Bertz CT molecular complexity index is 823. The first-order chi connectivity index (χ1) is 12.4. The molecule has 0 aliphatic carbocycles. The molecule has 2 aliphatic heterocycles. The fourth-order valence-corrected chi connectivity index (χ4v) is 5.08. The first-order valence-electron chi connectivity index (χ1n) is 9.00. The molecule has 26 heavy (non-hydrogen) atoms. The van der Waals surface area contributed by atoms with Crippen molar-refractivity contribution in [1.82, 2.24) is 9.80 Å². The molecule has 1 spiro atoms. The highest BCUT2D eigenvalue weighted by Gasteiger charge is 2.47. The molecule has 2 aromatic rings. The van der Waals surface area contributed by atoms with E-state index >= 15 is 0 Å². The van der Waals surface area contributed by atoms with Crippen LogP contribution in [0, 0.1) is 12.7 Å². The van der Waals surface area contributed by atoms with Crippen LogP contribution in [0.25, 0.3) is 0 Å². The van der Waals surface area contributed by atoms with Crippen molar-refractivity contribution in [2.75, 3.05) is 38.1 Å². The number of rotatable bonds is 3. The van der Waals surface area contributed by atoms with E-state index in [0.717, 1.165) is 26.1 Å². The molecule has 1 amide bonds. The Kier molecular flexibility index (Phi) is 4.59. The fourth-order valence-electron chi connectivity index (χ4n) is 4.15.